The summed E-state index contributed by atoms with van der Waals surface area (Å²) in [6.45, 7) is 10.1. The second-order valence-electron chi connectivity index (χ2n) is 8.07. The molecule has 2 aromatic rings. The summed E-state index contributed by atoms with van der Waals surface area (Å²) < 4.78 is 27.5. The number of aryl methyl sites for hydroxylation is 3. The minimum absolute atomic E-state index is 0.0407. The number of sulfonamides is 1. The molecule has 1 amide bonds. The fraction of sp³-hybridized carbons (Fsp3) is 0.435. The van der Waals surface area contributed by atoms with Gasteiger partial charge >= 0.3 is 0 Å². The molecule has 1 saturated heterocycles. The van der Waals surface area contributed by atoms with E-state index >= 15 is 0 Å². The van der Waals surface area contributed by atoms with Crippen molar-refractivity contribution in [3.05, 3.63) is 64.7 Å². The number of hydrogen-bond donors (Lipinski definition) is 1. The molecule has 1 fully saturated rings. The normalized spacial score (nSPS) is 16.9. The summed E-state index contributed by atoms with van der Waals surface area (Å²) in [6, 6.07) is 13.0. The highest BCUT2D eigenvalue weighted by molar-refractivity contribution is 7.89. The Morgan fingerprint density at radius 2 is 1.60 bits per heavy atom. The number of rotatable bonds is 6. The molecule has 0 radical (unpaired) electrons. The monoisotopic (exact) mass is 429 g/mol. The second-order valence-corrected chi connectivity index (χ2v) is 10.0. The molecule has 7 heteroatoms. The molecule has 3 rings (SSSR count). The lowest BCUT2D eigenvalue weighted by atomic mass is 10.1. The van der Waals surface area contributed by atoms with Gasteiger partial charge in [-0.15, -0.1) is 0 Å². The Balaban J connectivity index is 1.55. The summed E-state index contributed by atoms with van der Waals surface area (Å²) in [5, 5.41) is 2.98. The van der Waals surface area contributed by atoms with Gasteiger partial charge in [0.25, 0.3) is 0 Å². The average molecular weight is 430 g/mol. The van der Waals surface area contributed by atoms with Gasteiger partial charge in [-0.05, 0) is 56.5 Å². The number of nitrogens with one attached hydrogen (secondary N) is 1. The second kappa shape index (κ2) is 9.29. The van der Waals surface area contributed by atoms with E-state index in [9.17, 15) is 13.2 Å². The fourth-order valence-electron chi connectivity index (χ4n) is 3.56. The predicted molar refractivity (Wildman–Crippen MR) is 119 cm³/mol. The molecule has 1 heterocycles. The largest absolute Gasteiger partial charge is 0.351 e. The van der Waals surface area contributed by atoms with Crippen molar-refractivity contribution in [3.63, 3.8) is 0 Å². The van der Waals surface area contributed by atoms with Crippen molar-refractivity contribution in [3.8, 4) is 0 Å². The number of carbonyl (C=O) groups is 1. The van der Waals surface area contributed by atoms with Crippen LogP contribution in [-0.4, -0.2) is 55.8 Å². The quantitative estimate of drug-likeness (QED) is 0.766. The van der Waals surface area contributed by atoms with Gasteiger partial charge in [-0.1, -0.05) is 35.9 Å². The maximum atomic E-state index is 13.0. The Hall–Kier alpha value is -2.22. The van der Waals surface area contributed by atoms with Crippen molar-refractivity contribution in [2.24, 2.45) is 0 Å². The zero-order valence-corrected chi connectivity index (χ0v) is 19.0. The molecule has 1 aliphatic heterocycles. The van der Waals surface area contributed by atoms with Crippen molar-refractivity contribution < 1.29 is 13.2 Å². The molecule has 0 spiro atoms. The smallest absolute Gasteiger partial charge is 0.243 e. The average Bonchev–Trinajstić information content (AvgIpc) is 2.74. The highest BCUT2D eigenvalue weighted by Crippen LogP contribution is 2.21. The van der Waals surface area contributed by atoms with Crippen LogP contribution in [0.1, 0.15) is 29.2 Å². The molecule has 0 bridgehead atoms. The summed E-state index contributed by atoms with van der Waals surface area (Å²) in [6.07, 6.45) is 0. The van der Waals surface area contributed by atoms with E-state index in [2.05, 4.69) is 5.32 Å². The van der Waals surface area contributed by atoms with Crippen LogP contribution in [0.5, 0.6) is 0 Å². The van der Waals surface area contributed by atoms with Crippen LogP contribution < -0.4 is 5.32 Å². The van der Waals surface area contributed by atoms with E-state index in [0.717, 1.165) is 16.7 Å². The molecule has 0 unspecified atom stereocenters. The third-order valence-electron chi connectivity index (χ3n) is 5.90. The zero-order valence-electron chi connectivity index (χ0n) is 18.2. The molecule has 2 aromatic carbocycles. The number of piperazine rings is 1. The van der Waals surface area contributed by atoms with Crippen LogP contribution in [-0.2, 0) is 21.4 Å². The molecule has 6 nitrogen and oxygen atoms in total. The first kappa shape index (κ1) is 22.5. The molecule has 1 N–H and O–H groups in total. The number of hydrogen-bond acceptors (Lipinski definition) is 4. The van der Waals surface area contributed by atoms with Crippen LogP contribution >= 0.6 is 0 Å². The lowest BCUT2D eigenvalue weighted by Crippen LogP contribution is -2.54. The maximum Gasteiger partial charge on any atom is 0.243 e. The van der Waals surface area contributed by atoms with E-state index in [1.807, 2.05) is 62.9 Å². The van der Waals surface area contributed by atoms with Gasteiger partial charge < -0.3 is 5.32 Å². The van der Waals surface area contributed by atoms with Gasteiger partial charge in [0, 0.05) is 32.7 Å². The Labute approximate surface area is 179 Å². The van der Waals surface area contributed by atoms with Crippen LogP contribution in [0.4, 0.5) is 0 Å². The summed E-state index contributed by atoms with van der Waals surface area (Å²) in [5.74, 6) is -0.0407. The molecular formula is C23H31N3O3S. The lowest BCUT2D eigenvalue weighted by Gasteiger charge is -2.36. The van der Waals surface area contributed by atoms with Crippen LogP contribution in [0.3, 0.4) is 0 Å². The van der Waals surface area contributed by atoms with Crippen molar-refractivity contribution in [1.29, 1.82) is 0 Å². The van der Waals surface area contributed by atoms with E-state index < -0.39 is 10.0 Å². The summed E-state index contributed by atoms with van der Waals surface area (Å²) in [4.78, 5) is 14.9. The molecule has 0 aromatic heterocycles. The third-order valence-corrected chi connectivity index (χ3v) is 7.80. The van der Waals surface area contributed by atoms with Crippen LogP contribution in [0.25, 0.3) is 0 Å². The van der Waals surface area contributed by atoms with Gasteiger partial charge in [-0.25, -0.2) is 8.42 Å². The maximum absolute atomic E-state index is 13.0. The van der Waals surface area contributed by atoms with Crippen molar-refractivity contribution >= 4 is 15.9 Å². The summed E-state index contributed by atoms with van der Waals surface area (Å²) >= 11 is 0. The minimum Gasteiger partial charge on any atom is -0.351 e. The third kappa shape index (κ3) is 5.09. The summed E-state index contributed by atoms with van der Waals surface area (Å²) in [5.41, 5.74) is 4.29. The molecule has 0 aliphatic carbocycles. The Kier molecular flexibility index (Phi) is 6.95. The Morgan fingerprint density at radius 1 is 0.967 bits per heavy atom. The van der Waals surface area contributed by atoms with Crippen molar-refractivity contribution in [1.82, 2.24) is 14.5 Å². The van der Waals surface area contributed by atoms with Gasteiger partial charge in [-0.3, -0.25) is 9.69 Å². The van der Waals surface area contributed by atoms with E-state index in [1.165, 1.54) is 9.87 Å². The lowest BCUT2D eigenvalue weighted by molar-refractivity contribution is -0.126. The summed E-state index contributed by atoms with van der Waals surface area (Å²) in [7, 11) is -3.51. The minimum atomic E-state index is -3.51. The number of amides is 1. The number of nitrogens with zero attached hydrogens (tertiary/aromatic N) is 2. The Bertz CT molecular complexity index is 995. The van der Waals surface area contributed by atoms with Gasteiger partial charge in [0.2, 0.25) is 15.9 Å². The van der Waals surface area contributed by atoms with E-state index in [1.54, 1.807) is 12.1 Å². The van der Waals surface area contributed by atoms with Crippen LogP contribution in [0, 0.1) is 20.8 Å². The standard InChI is InChI=1S/C23H31N3O3S/c1-17-5-8-21(9-6-17)16-24-23(27)20(4)25-11-13-26(14-12-25)30(28,29)22-10-7-18(2)19(3)15-22/h5-10,15,20H,11-14,16H2,1-4H3,(H,24,27)/t20-/m0/s1. The number of benzene rings is 2. The van der Waals surface area contributed by atoms with Crippen molar-refractivity contribution in [2.75, 3.05) is 26.2 Å². The highest BCUT2D eigenvalue weighted by atomic mass is 32.2. The first-order valence-corrected chi connectivity index (χ1v) is 11.8. The van der Waals surface area contributed by atoms with Crippen LogP contribution in [0.15, 0.2) is 47.4 Å². The van der Waals surface area contributed by atoms with E-state index in [-0.39, 0.29) is 11.9 Å². The first-order chi connectivity index (χ1) is 14.2. The highest BCUT2D eigenvalue weighted by Gasteiger charge is 2.31. The topological polar surface area (TPSA) is 69.7 Å². The van der Waals surface area contributed by atoms with Crippen molar-refractivity contribution in [2.45, 2.75) is 45.2 Å². The van der Waals surface area contributed by atoms with Gasteiger partial charge in [0.05, 0.1) is 10.9 Å². The SMILES string of the molecule is Cc1ccc(CNC(=O)[C@H](C)N2CCN(S(=O)(=O)c3ccc(C)c(C)c3)CC2)cc1. The van der Waals surface area contributed by atoms with E-state index in [0.29, 0.717) is 37.6 Å². The zero-order chi connectivity index (χ0) is 21.9. The molecular weight excluding hydrogens is 398 g/mol. The Morgan fingerprint density at radius 3 is 2.20 bits per heavy atom. The van der Waals surface area contributed by atoms with Gasteiger partial charge in [0.15, 0.2) is 0 Å². The van der Waals surface area contributed by atoms with Crippen LogP contribution in [0.2, 0.25) is 0 Å². The molecule has 0 saturated carbocycles. The number of carbonyl (C=O) groups excluding carboxylic acids is 1. The predicted octanol–water partition coefficient (Wildman–Crippen LogP) is 2.62. The molecule has 30 heavy (non-hydrogen) atoms. The molecule has 162 valence electrons. The fourth-order valence-corrected chi connectivity index (χ4v) is 5.07. The first-order valence-electron chi connectivity index (χ1n) is 10.3. The van der Waals surface area contributed by atoms with Gasteiger partial charge in [-0.2, -0.15) is 4.31 Å². The van der Waals surface area contributed by atoms with Gasteiger partial charge in [0.1, 0.15) is 0 Å². The van der Waals surface area contributed by atoms with E-state index in [4.69, 9.17) is 0 Å². The molecule has 1 atom stereocenters. The molecule has 1 aliphatic rings.